The number of fused-ring (bicyclic) bond motifs is 20. The van der Waals surface area contributed by atoms with E-state index in [0.717, 1.165) is 35.5 Å². The van der Waals surface area contributed by atoms with Gasteiger partial charge >= 0.3 is 0 Å². The third-order valence-corrected chi connectivity index (χ3v) is 13.6. The molecule has 8 N–H and O–H groups in total. The van der Waals surface area contributed by atoms with Crippen LogP contribution in [0, 0.1) is 53.8 Å². The molecule has 8 nitrogen and oxygen atoms in total. The molecule has 4 aliphatic carbocycles. The van der Waals surface area contributed by atoms with Crippen LogP contribution < -0.4 is 42.5 Å². The third kappa shape index (κ3) is 5.01. The van der Waals surface area contributed by atoms with Crippen LogP contribution in [0.1, 0.15) is 96.3 Å². The predicted molar refractivity (Wildman–Crippen MR) is 157 cm³/mol. The van der Waals surface area contributed by atoms with Gasteiger partial charge in [0.1, 0.15) is 0 Å². The molecule has 9 fully saturated rings. The smallest absolute Gasteiger partial charge is 0.0628 e. The summed E-state index contributed by atoms with van der Waals surface area (Å²) in [6, 6.07) is 0. The van der Waals surface area contributed by atoms with Gasteiger partial charge < -0.3 is 6.42 Å². The zero-order chi connectivity index (χ0) is 26.2. The summed E-state index contributed by atoms with van der Waals surface area (Å²) in [7, 11) is 0. The molecule has 0 aromatic carbocycles. The van der Waals surface area contributed by atoms with E-state index in [4.69, 9.17) is 0 Å². The average Bonchev–Trinajstić information content (AvgIpc) is 3.73. The van der Waals surface area contributed by atoms with Crippen LogP contribution in [0.15, 0.2) is 0 Å². The Morgan fingerprint density at radius 1 is 0.317 bits per heavy atom. The SMILES string of the molecule is [CH-]1CCCC2C3NC(NC4NC(NC5NC(NC6NC(N3)C3CCCCC63)C3CCCCC53)C3CCCCC43)C12.[Cr]. The van der Waals surface area contributed by atoms with E-state index < -0.39 is 0 Å². The molecule has 0 amide bonds. The van der Waals surface area contributed by atoms with E-state index in [-0.39, 0.29) is 17.4 Å². The van der Waals surface area contributed by atoms with Crippen molar-refractivity contribution in [1.82, 2.24) is 42.5 Å². The normalized spacial score (nSPS) is 56.2. The Labute approximate surface area is 258 Å². The van der Waals surface area contributed by atoms with Crippen molar-refractivity contribution in [2.75, 3.05) is 0 Å². The number of hydrogen-bond donors (Lipinski definition) is 8. The van der Waals surface area contributed by atoms with Crippen molar-refractivity contribution in [3.8, 4) is 0 Å². The quantitative estimate of drug-likeness (QED) is 0.200. The Balaban J connectivity index is 0.00000256. The molecule has 4 saturated carbocycles. The maximum absolute atomic E-state index is 4.25. The summed E-state index contributed by atoms with van der Waals surface area (Å²) in [6.07, 6.45) is 26.4. The van der Waals surface area contributed by atoms with Crippen molar-refractivity contribution < 1.29 is 17.4 Å². The summed E-state index contributed by atoms with van der Waals surface area (Å²) >= 11 is 0. The molecule has 0 aromatic heterocycles. The molecule has 5 heterocycles. The first-order valence-corrected chi connectivity index (χ1v) is 17.7. The fraction of sp³-hybridized carbons (Fsp3) is 0.969. The van der Waals surface area contributed by atoms with E-state index in [9.17, 15) is 0 Å². The Bertz CT molecular complexity index is 716. The molecule has 0 spiro atoms. The molecular weight excluding hydrogens is 548 g/mol. The Morgan fingerprint density at radius 3 is 0.927 bits per heavy atom. The topological polar surface area (TPSA) is 96.2 Å². The molecule has 16 atom stereocenters. The predicted octanol–water partition coefficient (Wildman–Crippen LogP) is 2.42. The Kier molecular flexibility index (Phi) is 8.29. The first-order chi connectivity index (χ1) is 19.8. The van der Waals surface area contributed by atoms with Gasteiger partial charge in [-0.2, -0.15) is 6.42 Å². The summed E-state index contributed by atoms with van der Waals surface area (Å²) < 4.78 is 0. The van der Waals surface area contributed by atoms with E-state index in [2.05, 4.69) is 49.0 Å². The van der Waals surface area contributed by atoms with Crippen molar-refractivity contribution in [1.29, 1.82) is 0 Å². The van der Waals surface area contributed by atoms with Crippen molar-refractivity contribution in [3.05, 3.63) is 6.42 Å². The molecule has 16 unspecified atom stereocenters. The standard InChI is InChI=1S/C32H55N8.Cr/c1-2-10-18-17(9-1)25-33-26(18)38-28-21-13-5-6-14-22(21)30(35-28)40-32-24-16-8-7-15-23(24)31(36-32)39-29-20-12-4-3-11-19(20)27(34-29)37-25;/h9,17-40H,1-8,10-16H2;/q-1;. The minimum Gasteiger partial charge on any atom is -0.322 e. The molecule has 5 saturated heterocycles. The van der Waals surface area contributed by atoms with Crippen LogP contribution in [-0.2, 0) is 17.4 Å². The van der Waals surface area contributed by atoms with Gasteiger partial charge in [-0.3, -0.25) is 42.5 Å². The maximum Gasteiger partial charge on any atom is 0.0628 e. The van der Waals surface area contributed by atoms with Crippen LogP contribution in [0.4, 0.5) is 0 Å². The first-order valence-electron chi connectivity index (χ1n) is 17.7. The molecule has 0 aromatic rings. The van der Waals surface area contributed by atoms with E-state index in [0.29, 0.717) is 61.2 Å². The molecule has 9 rings (SSSR count). The number of hydrogen-bond acceptors (Lipinski definition) is 8. The molecule has 0 radical (unpaired) electrons. The zero-order valence-electron chi connectivity index (χ0n) is 24.8. The van der Waals surface area contributed by atoms with Gasteiger partial charge in [0, 0.05) is 23.5 Å². The van der Waals surface area contributed by atoms with Gasteiger partial charge in [0.25, 0.3) is 0 Å². The van der Waals surface area contributed by atoms with Crippen LogP contribution in [0.5, 0.6) is 0 Å². The van der Waals surface area contributed by atoms with Gasteiger partial charge in [0.15, 0.2) is 0 Å². The van der Waals surface area contributed by atoms with Gasteiger partial charge in [-0.1, -0.05) is 51.4 Å². The average molecular weight is 604 g/mol. The van der Waals surface area contributed by atoms with Crippen LogP contribution in [0.25, 0.3) is 0 Å². The fourth-order valence-corrected chi connectivity index (χ4v) is 11.7. The molecule has 9 heteroatoms. The van der Waals surface area contributed by atoms with Crippen molar-refractivity contribution >= 4 is 0 Å². The first kappa shape index (κ1) is 28.7. The summed E-state index contributed by atoms with van der Waals surface area (Å²) in [5.74, 6) is 5.74. The van der Waals surface area contributed by atoms with Crippen LogP contribution >= 0.6 is 0 Å². The van der Waals surface area contributed by atoms with Crippen LogP contribution in [-0.4, -0.2) is 49.3 Å². The van der Waals surface area contributed by atoms with E-state index in [1.807, 2.05) is 0 Å². The Morgan fingerprint density at radius 2 is 0.585 bits per heavy atom. The minimum absolute atomic E-state index is 0. The van der Waals surface area contributed by atoms with Gasteiger partial charge in [0.2, 0.25) is 0 Å². The van der Waals surface area contributed by atoms with Crippen molar-refractivity contribution in [2.24, 2.45) is 47.3 Å². The largest absolute Gasteiger partial charge is 0.322 e. The zero-order valence-corrected chi connectivity index (χ0v) is 26.1. The van der Waals surface area contributed by atoms with Crippen molar-refractivity contribution in [3.63, 3.8) is 0 Å². The summed E-state index contributed by atoms with van der Waals surface area (Å²) in [5.41, 5.74) is 0. The van der Waals surface area contributed by atoms with E-state index >= 15 is 0 Å². The van der Waals surface area contributed by atoms with E-state index in [1.165, 1.54) is 96.3 Å². The fourth-order valence-electron chi connectivity index (χ4n) is 11.7. The monoisotopic (exact) mass is 603 g/mol. The second-order valence-corrected chi connectivity index (χ2v) is 15.4. The third-order valence-electron chi connectivity index (χ3n) is 13.6. The van der Waals surface area contributed by atoms with Gasteiger partial charge in [-0.25, -0.2) is 0 Å². The summed E-state index contributed by atoms with van der Waals surface area (Å²) in [4.78, 5) is 0. The Hall–Kier alpha value is 0.212. The van der Waals surface area contributed by atoms with E-state index in [1.54, 1.807) is 0 Å². The van der Waals surface area contributed by atoms with Crippen LogP contribution in [0.3, 0.4) is 0 Å². The number of rotatable bonds is 0. The molecule has 8 bridgehead atoms. The molecular formula is C32H55CrN8-. The van der Waals surface area contributed by atoms with Crippen molar-refractivity contribution in [2.45, 2.75) is 146 Å². The summed E-state index contributed by atoms with van der Waals surface area (Å²) in [5, 5.41) is 33.7. The van der Waals surface area contributed by atoms with Gasteiger partial charge in [-0.15, -0.1) is 5.92 Å². The minimum atomic E-state index is 0. The molecule has 5 aliphatic heterocycles. The number of nitrogens with one attached hydrogen (secondary N) is 8. The molecule has 9 aliphatic rings. The second-order valence-electron chi connectivity index (χ2n) is 15.4. The van der Waals surface area contributed by atoms with Gasteiger partial charge in [0.05, 0.1) is 43.2 Å². The maximum atomic E-state index is 4.25. The summed E-state index contributed by atoms with van der Waals surface area (Å²) in [6.45, 7) is 0. The molecule has 41 heavy (non-hydrogen) atoms. The molecule has 230 valence electrons. The van der Waals surface area contributed by atoms with Gasteiger partial charge in [-0.05, 0) is 80.0 Å². The second kappa shape index (κ2) is 11.9. The van der Waals surface area contributed by atoms with Crippen LogP contribution in [0.2, 0.25) is 0 Å².